The van der Waals surface area contributed by atoms with Crippen molar-refractivity contribution in [3.63, 3.8) is 0 Å². The van der Waals surface area contributed by atoms with Gasteiger partial charge in [0.05, 0.1) is 5.92 Å². The smallest absolute Gasteiger partial charge is 0.314 e. The zero-order valence-corrected chi connectivity index (χ0v) is 14.4. The van der Waals surface area contributed by atoms with E-state index in [2.05, 4.69) is 5.32 Å². The molecule has 0 bridgehead atoms. The molecule has 3 atom stereocenters. The number of carbonyl (C=O) groups excluding carboxylic acids is 2. The number of ether oxygens (including phenoxy) is 2. The van der Waals surface area contributed by atoms with Crippen LogP contribution in [-0.2, 0) is 9.59 Å². The fourth-order valence-electron chi connectivity index (χ4n) is 4.30. The second-order valence-corrected chi connectivity index (χ2v) is 7.42. The van der Waals surface area contributed by atoms with Crippen molar-refractivity contribution in [1.82, 2.24) is 5.32 Å². The van der Waals surface area contributed by atoms with Gasteiger partial charge in [-0.15, -0.1) is 0 Å². The average molecular weight is 343 g/mol. The van der Waals surface area contributed by atoms with Gasteiger partial charge < -0.3 is 14.8 Å². The standard InChI is InChI=1S/C20H25NO4/c22-19-17(7-3-4-12-21-19)24-13-8-10-14(11-9-13)25-20(23)18-15-5-1-2-6-16(15)18/h8-11,15-18H,1-7,12H2,(H,21,22). The topological polar surface area (TPSA) is 64.6 Å². The van der Waals surface area contributed by atoms with Gasteiger partial charge >= 0.3 is 5.97 Å². The molecule has 1 aliphatic heterocycles. The predicted octanol–water partition coefficient (Wildman–Crippen LogP) is 3.08. The summed E-state index contributed by atoms with van der Waals surface area (Å²) in [6, 6.07) is 7.02. The second kappa shape index (κ2) is 7.06. The van der Waals surface area contributed by atoms with Crippen LogP contribution >= 0.6 is 0 Å². The molecular weight excluding hydrogens is 318 g/mol. The lowest BCUT2D eigenvalue weighted by atomic mass is 10.0. The highest BCUT2D eigenvalue weighted by Gasteiger charge is 2.55. The van der Waals surface area contributed by atoms with Gasteiger partial charge in [-0.25, -0.2) is 0 Å². The van der Waals surface area contributed by atoms with E-state index < -0.39 is 6.10 Å². The minimum Gasteiger partial charge on any atom is -0.481 e. The van der Waals surface area contributed by atoms with Gasteiger partial charge in [-0.05, 0) is 68.2 Å². The summed E-state index contributed by atoms with van der Waals surface area (Å²) in [5, 5.41) is 2.86. The summed E-state index contributed by atoms with van der Waals surface area (Å²) in [6.07, 6.45) is 7.07. The Balaban J connectivity index is 1.32. The Bertz CT molecular complexity index is 630. The third kappa shape index (κ3) is 3.65. The lowest BCUT2D eigenvalue weighted by Gasteiger charge is -2.16. The summed E-state index contributed by atoms with van der Waals surface area (Å²) in [4.78, 5) is 24.2. The van der Waals surface area contributed by atoms with E-state index in [0.717, 1.165) is 25.8 Å². The van der Waals surface area contributed by atoms with Gasteiger partial charge in [0, 0.05) is 6.54 Å². The Morgan fingerprint density at radius 1 is 0.920 bits per heavy atom. The highest BCUT2D eigenvalue weighted by atomic mass is 16.5. The van der Waals surface area contributed by atoms with Gasteiger partial charge in [0.25, 0.3) is 5.91 Å². The van der Waals surface area contributed by atoms with Gasteiger partial charge in [0.15, 0.2) is 6.10 Å². The summed E-state index contributed by atoms with van der Waals surface area (Å²) in [7, 11) is 0. The van der Waals surface area contributed by atoms with E-state index in [-0.39, 0.29) is 17.8 Å². The largest absolute Gasteiger partial charge is 0.481 e. The monoisotopic (exact) mass is 343 g/mol. The number of amides is 1. The molecule has 1 aromatic rings. The van der Waals surface area contributed by atoms with Crippen LogP contribution in [0.15, 0.2) is 24.3 Å². The number of carbonyl (C=O) groups is 2. The highest BCUT2D eigenvalue weighted by Crippen LogP contribution is 2.55. The maximum atomic E-state index is 12.3. The maximum absolute atomic E-state index is 12.3. The predicted molar refractivity (Wildman–Crippen MR) is 92.3 cm³/mol. The summed E-state index contributed by atoms with van der Waals surface area (Å²) in [5.41, 5.74) is 0. The van der Waals surface area contributed by atoms with Gasteiger partial charge in [-0.1, -0.05) is 12.8 Å². The average Bonchev–Trinajstić information content (AvgIpc) is 3.38. The molecule has 5 nitrogen and oxygen atoms in total. The Kier molecular flexibility index (Phi) is 4.64. The number of rotatable bonds is 4. The molecule has 25 heavy (non-hydrogen) atoms. The van der Waals surface area contributed by atoms with Crippen LogP contribution in [0.3, 0.4) is 0 Å². The van der Waals surface area contributed by atoms with Gasteiger partial charge in [-0.3, -0.25) is 9.59 Å². The number of fused-ring (bicyclic) bond motifs is 1. The molecule has 0 radical (unpaired) electrons. The fraction of sp³-hybridized carbons (Fsp3) is 0.600. The molecule has 1 saturated heterocycles. The van der Waals surface area contributed by atoms with E-state index in [4.69, 9.17) is 9.47 Å². The van der Waals surface area contributed by atoms with Crippen LogP contribution in [0.2, 0.25) is 0 Å². The van der Waals surface area contributed by atoms with Crippen LogP contribution in [-0.4, -0.2) is 24.5 Å². The molecule has 0 spiro atoms. The Morgan fingerprint density at radius 2 is 1.56 bits per heavy atom. The first-order valence-corrected chi connectivity index (χ1v) is 9.48. The molecule has 134 valence electrons. The maximum Gasteiger partial charge on any atom is 0.314 e. The quantitative estimate of drug-likeness (QED) is 0.674. The molecule has 5 heteroatoms. The molecule has 1 N–H and O–H groups in total. The first-order valence-electron chi connectivity index (χ1n) is 9.48. The molecule has 0 aromatic heterocycles. The summed E-state index contributed by atoms with van der Waals surface area (Å²) >= 11 is 0. The minimum atomic E-state index is -0.439. The second-order valence-electron chi connectivity index (χ2n) is 7.42. The minimum absolute atomic E-state index is 0.0515. The molecule has 1 heterocycles. The van der Waals surface area contributed by atoms with Gasteiger partial charge in [0.2, 0.25) is 0 Å². The van der Waals surface area contributed by atoms with E-state index >= 15 is 0 Å². The number of nitrogens with one attached hydrogen (secondary N) is 1. The zero-order chi connectivity index (χ0) is 17.2. The van der Waals surface area contributed by atoms with Crippen molar-refractivity contribution in [2.75, 3.05) is 6.54 Å². The molecule has 2 saturated carbocycles. The number of hydrogen-bond acceptors (Lipinski definition) is 4. The first-order chi connectivity index (χ1) is 12.2. The Morgan fingerprint density at radius 3 is 2.28 bits per heavy atom. The van der Waals surface area contributed by atoms with Crippen molar-refractivity contribution in [1.29, 1.82) is 0 Å². The Labute approximate surface area is 148 Å². The van der Waals surface area contributed by atoms with Gasteiger partial charge in [-0.2, -0.15) is 0 Å². The van der Waals surface area contributed by atoms with Crippen LogP contribution < -0.4 is 14.8 Å². The van der Waals surface area contributed by atoms with Crippen molar-refractivity contribution in [3.8, 4) is 11.5 Å². The van der Waals surface area contributed by atoms with Crippen molar-refractivity contribution < 1.29 is 19.1 Å². The number of benzene rings is 1. The lowest BCUT2D eigenvalue weighted by molar-refractivity contribution is -0.136. The van der Waals surface area contributed by atoms with E-state index in [1.807, 2.05) is 0 Å². The van der Waals surface area contributed by atoms with Crippen LogP contribution in [0, 0.1) is 17.8 Å². The summed E-state index contributed by atoms with van der Waals surface area (Å²) in [5.74, 6) is 2.25. The number of hydrogen-bond donors (Lipinski definition) is 1. The fourth-order valence-corrected chi connectivity index (χ4v) is 4.30. The van der Waals surface area contributed by atoms with E-state index in [0.29, 0.717) is 23.3 Å². The van der Waals surface area contributed by atoms with Gasteiger partial charge in [0.1, 0.15) is 11.5 Å². The molecule has 3 aliphatic rings. The molecular formula is C20H25NO4. The van der Waals surface area contributed by atoms with Crippen molar-refractivity contribution >= 4 is 11.9 Å². The van der Waals surface area contributed by atoms with Crippen LogP contribution in [0.5, 0.6) is 11.5 Å². The normalized spacial score (nSPS) is 31.3. The molecule has 2 aliphatic carbocycles. The zero-order valence-electron chi connectivity index (χ0n) is 14.4. The third-order valence-corrected chi connectivity index (χ3v) is 5.73. The van der Waals surface area contributed by atoms with Crippen molar-refractivity contribution in [2.45, 2.75) is 51.0 Å². The summed E-state index contributed by atoms with van der Waals surface area (Å²) in [6.45, 7) is 0.719. The van der Waals surface area contributed by atoms with Crippen LogP contribution in [0.25, 0.3) is 0 Å². The molecule has 4 rings (SSSR count). The van der Waals surface area contributed by atoms with Crippen LogP contribution in [0.4, 0.5) is 0 Å². The molecule has 3 unspecified atom stereocenters. The third-order valence-electron chi connectivity index (χ3n) is 5.73. The molecule has 1 amide bonds. The van der Waals surface area contributed by atoms with Crippen LogP contribution in [0.1, 0.15) is 44.9 Å². The molecule has 3 fully saturated rings. The molecule has 1 aromatic carbocycles. The summed E-state index contributed by atoms with van der Waals surface area (Å²) < 4.78 is 11.3. The van der Waals surface area contributed by atoms with Crippen molar-refractivity contribution in [3.05, 3.63) is 24.3 Å². The Hall–Kier alpha value is -2.04. The van der Waals surface area contributed by atoms with E-state index in [9.17, 15) is 9.59 Å². The van der Waals surface area contributed by atoms with E-state index in [1.54, 1.807) is 24.3 Å². The number of esters is 1. The van der Waals surface area contributed by atoms with Crippen molar-refractivity contribution in [2.24, 2.45) is 17.8 Å². The SMILES string of the molecule is O=C1NCCCCC1Oc1ccc(OC(=O)C2C3CCCCC32)cc1. The first kappa shape index (κ1) is 16.4. The lowest BCUT2D eigenvalue weighted by Crippen LogP contribution is -2.36. The van der Waals surface area contributed by atoms with E-state index in [1.165, 1.54) is 25.7 Å². The highest BCUT2D eigenvalue weighted by molar-refractivity contribution is 5.81.